The van der Waals surface area contributed by atoms with Crippen LogP contribution in [0.4, 0.5) is 8.78 Å². The van der Waals surface area contributed by atoms with Gasteiger partial charge in [0.2, 0.25) is 0 Å². The first-order valence-corrected chi connectivity index (χ1v) is 8.48. The van der Waals surface area contributed by atoms with Crippen molar-refractivity contribution in [1.82, 2.24) is 4.90 Å². The van der Waals surface area contributed by atoms with Gasteiger partial charge in [0.15, 0.2) is 0 Å². The summed E-state index contributed by atoms with van der Waals surface area (Å²) in [7, 11) is 0. The third-order valence-electron chi connectivity index (χ3n) is 4.89. The highest BCUT2D eigenvalue weighted by molar-refractivity contribution is 5.95. The molecule has 0 aliphatic carbocycles. The van der Waals surface area contributed by atoms with Crippen molar-refractivity contribution in [3.8, 4) is 11.1 Å². The zero-order valence-corrected chi connectivity index (χ0v) is 14.1. The molecule has 1 fully saturated rings. The van der Waals surface area contributed by atoms with Gasteiger partial charge >= 0.3 is 0 Å². The van der Waals surface area contributed by atoms with Gasteiger partial charge in [-0.1, -0.05) is 18.2 Å². The number of aliphatic hydroxyl groups is 1. The van der Waals surface area contributed by atoms with Crippen LogP contribution < -0.4 is 0 Å². The number of hydrogen-bond acceptors (Lipinski definition) is 2. The molecule has 1 aliphatic heterocycles. The zero-order chi connectivity index (χ0) is 18.0. The predicted octanol–water partition coefficient (Wildman–Crippen LogP) is 3.86. The second-order valence-corrected chi connectivity index (χ2v) is 6.57. The minimum atomic E-state index is -0.579. The highest BCUT2D eigenvalue weighted by atomic mass is 19.1. The Morgan fingerprint density at radius 1 is 1.08 bits per heavy atom. The number of piperidine rings is 1. The van der Waals surface area contributed by atoms with Crippen LogP contribution in [0.2, 0.25) is 0 Å². The number of likely N-dealkylation sites (tertiary alicyclic amines) is 1. The molecule has 2 aromatic carbocycles. The fourth-order valence-electron chi connectivity index (χ4n) is 3.27. The van der Waals surface area contributed by atoms with Crippen molar-refractivity contribution in [3.63, 3.8) is 0 Å². The first-order chi connectivity index (χ1) is 12.0. The van der Waals surface area contributed by atoms with Crippen LogP contribution in [-0.2, 0) is 0 Å². The van der Waals surface area contributed by atoms with Gasteiger partial charge in [-0.25, -0.2) is 8.78 Å². The molecule has 0 bridgehead atoms. The fourth-order valence-corrected chi connectivity index (χ4v) is 3.27. The number of amides is 1. The number of aliphatic hydroxyl groups excluding tert-OH is 1. The van der Waals surface area contributed by atoms with Crippen molar-refractivity contribution in [2.45, 2.75) is 25.9 Å². The van der Waals surface area contributed by atoms with Gasteiger partial charge in [-0.2, -0.15) is 0 Å². The molecule has 0 aromatic heterocycles. The summed E-state index contributed by atoms with van der Waals surface area (Å²) in [6.07, 6.45) is 1.06. The standard InChI is InChI=1S/C20H21F2NO2/c1-13(24)14-8-10-23(11-9-14)20(25)18-7-4-16(12-19(18)22)15-2-5-17(21)6-3-15/h2-7,12-14,24H,8-11H2,1H3. The molecule has 5 heteroatoms. The molecular formula is C20H21F2NO2. The van der Waals surface area contributed by atoms with E-state index in [9.17, 15) is 18.7 Å². The molecule has 2 aromatic rings. The smallest absolute Gasteiger partial charge is 0.256 e. The van der Waals surface area contributed by atoms with E-state index in [2.05, 4.69) is 0 Å². The predicted molar refractivity (Wildman–Crippen MR) is 92.1 cm³/mol. The number of benzene rings is 2. The molecule has 1 heterocycles. The van der Waals surface area contributed by atoms with E-state index in [-0.39, 0.29) is 29.3 Å². The van der Waals surface area contributed by atoms with Crippen molar-refractivity contribution in [2.24, 2.45) is 5.92 Å². The summed E-state index contributed by atoms with van der Waals surface area (Å²) >= 11 is 0. The largest absolute Gasteiger partial charge is 0.393 e. The topological polar surface area (TPSA) is 40.5 Å². The second kappa shape index (κ2) is 7.31. The number of halogens is 2. The van der Waals surface area contributed by atoms with Gasteiger partial charge in [0.05, 0.1) is 11.7 Å². The van der Waals surface area contributed by atoms with Crippen LogP contribution in [0, 0.1) is 17.6 Å². The van der Waals surface area contributed by atoms with E-state index in [0.717, 1.165) is 12.8 Å². The monoisotopic (exact) mass is 345 g/mol. The van der Waals surface area contributed by atoms with E-state index >= 15 is 0 Å². The molecule has 3 nitrogen and oxygen atoms in total. The summed E-state index contributed by atoms with van der Waals surface area (Å²) in [5, 5.41) is 9.63. The minimum Gasteiger partial charge on any atom is -0.393 e. The Hall–Kier alpha value is -2.27. The molecular weight excluding hydrogens is 324 g/mol. The van der Waals surface area contributed by atoms with Gasteiger partial charge in [0.1, 0.15) is 11.6 Å². The van der Waals surface area contributed by atoms with E-state index < -0.39 is 5.82 Å². The maximum atomic E-state index is 14.5. The molecule has 1 amide bonds. The van der Waals surface area contributed by atoms with Gasteiger partial charge in [-0.15, -0.1) is 0 Å². The van der Waals surface area contributed by atoms with Crippen molar-refractivity contribution >= 4 is 5.91 Å². The van der Waals surface area contributed by atoms with Crippen molar-refractivity contribution < 1.29 is 18.7 Å². The first kappa shape index (κ1) is 17.5. The normalized spacial score (nSPS) is 16.7. The molecule has 0 radical (unpaired) electrons. The number of carbonyl (C=O) groups is 1. The molecule has 1 N–H and O–H groups in total. The lowest BCUT2D eigenvalue weighted by atomic mass is 9.92. The molecule has 0 saturated carbocycles. The van der Waals surface area contributed by atoms with Gasteiger partial charge in [0.25, 0.3) is 5.91 Å². The number of rotatable bonds is 3. The lowest BCUT2D eigenvalue weighted by molar-refractivity contribution is 0.0518. The molecule has 1 atom stereocenters. The van der Waals surface area contributed by atoms with Crippen LogP contribution >= 0.6 is 0 Å². The Labute approximate surface area is 145 Å². The first-order valence-electron chi connectivity index (χ1n) is 8.48. The lowest BCUT2D eigenvalue weighted by Gasteiger charge is -2.33. The Morgan fingerprint density at radius 2 is 1.68 bits per heavy atom. The van der Waals surface area contributed by atoms with Gasteiger partial charge in [0, 0.05) is 13.1 Å². The summed E-state index contributed by atoms with van der Waals surface area (Å²) in [6, 6.07) is 10.3. The van der Waals surface area contributed by atoms with Crippen LogP contribution in [0.3, 0.4) is 0 Å². The molecule has 1 aliphatic rings. The second-order valence-electron chi connectivity index (χ2n) is 6.57. The molecule has 0 spiro atoms. The Balaban J connectivity index is 1.75. The van der Waals surface area contributed by atoms with Crippen LogP contribution in [0.25, 0.3) is 11.1 Å². The van der Waals surface area contributed by atoms with Crippen molar-refractivity contribution in [2.75, 3.05) is 13.1 Å². The summed E-state index contributed by atoms with van der Waals surface area (Å²) < 4.78 is 27.5. The maximum absolute atomic E-state index is 14.5. The van der Waals surface area contributed by atoms with Crippen LogP contribution in [0.1, 0.15) is 30.1 Å². The minimum absolute atomic E-state index is 0.0429. The van der Waals surface area contributed by atoms with E-state index in [1.54, 1.807) is 30.0 Å². The highest BCUT2D eigenvalue weighted by Gasteiger charge is 2.27. The zero-order valence-electron chi connectivity index (χ0n) is 14.1. The average molecular weight is 345 g/mol. The van der Waals surface area contributed by atoms with Gasteiger partial charge in [-0.05, 0) is 61.1 Å². The van der Waals surface area contributed by atoms with Crippen molar-refractivity contribution in [1.29, 1.82) is 0 Å². The van der Waals surface area contributed by atoms with Crippen LogP contribution in [-0.4, -0.2) is 35.1 Å². The van der Waals surface area contributed by atoms with E-state index in [0.29, 0.717) is 24.2 Å². The summed E-state index contributed by atoms with van der Waals surface area (Å²) in [5.41, 5.74) is 1.33. The Bertz CT molecular complexity index is 751. The molecule has 3 rings (SSSR count). The van der Waals surface area contributed by atoms with Gasteiger partial charge < -0.3 is 10.0 Å². The number of carbonyl (C=O) groups excluding carboxylic acids is 1. The summed E-state index contributed by atoms with van der Waals surface area (Å²) in [4.78, 5) is 14.2. The quantitative estimate of drug-likeness (QED) is 0.917. The van der Waals surface area contributed by atoms with Gasteiger partial charge in [-0.3, -0.25) is 4.79 Å². The number of nitrogens with zero attached hydrogens (tertiary/aromatic N) is 1. The average Bonchev–Trinajstić information content (AvgIpc) is 2.62. The molecule has 1 saturated heterocycles. The SMILES string of the molecule is CC(O)C1CCN(C(=O)c2ccc(-c3ccc(F)cc3)cc2F)CC1. The van der Waals surface area contributed by atoms with E-state index in [1.165, 1.54) is 24.3 Å². The lowest BCUT2D eigenvalue weighted by Crippen LogP contribution is -2.41. The Morgan fingerprint density at radius 3 is 2.24 bits per heavy atom. The summed E-state index contributed by atoms with van der Waals surface area (Å²) in [6.45, 7) is 2.80. The fraction of sp³-hybridized carbons (Fsp3) is 0.350. The molecule has 1 unspecified atom stereocenters. The summed E-state index contributed by atoms with van der Waals surface area (Å²) in [5.74, 6) is -1.07. The molecule has 132 valence electrons. The van der Waals surface area contributed by atoms with E-state index in [1.807, 2.05) is 0 Å². The Kier molecular flexibility index (Phi) is 5.13. The third kappa shape index (κ3) is 3.87. The number of hydrogen-bond donors (Lipinski definition) is 1. The third-order valence-corrected chi connectivity index (χ3v) is 4.89. The van der Waals surface area contributed by atoms with Crippen LogP contribution in [0.5, 0.6) is 0 Å². The van der Waals surface area contributed by atoms with Crippen LogP contribution in [0.15, 0.2) is 42.5 Å². The van der Waals surface area contributed by atoms with E-state index in [4.69, 9.17) is 0 Å². The van der Waals surface area contributed by atoms with Crippen molar-refractivity contribution in [3.05, 3.63) is 59.7 Å². The highest BCUT2D eigenvalue weighted by Crippen LogP contribution is 2.25. The maximum Gasteiger partial charge on any atom is 0.256 e. The molecule has 25 heavy (non-hydrogen) atoms.